The topological polar surface area (TPSA) is 50.1 Å². The van der Waals surface area contributed by atoms with E-state index in [-0.39, 0.29) is 20.3 Å². The molecule has 0 bridgehead atoms. The van der Waals surface area contributed by atoms with Crippen molar-refractivity contribution in [3.63, 3.8) is 0 Å². The number of nitrogens with zero attached hydrogens (tertiary/aromatic N) is 1. The van der Waals surface area contributed by atoms with Gasteiger partial charge in [0.1, 0.15) is 15.1 Å². The molecule has 0 radical (unpaired) electrons. The summed E-state index contributed by atoms with van der Waals surface area (Å²) in [4.78, 5) is 12.5. The minimum atomic E-state index is -1.07. The fourth-order valence-corrected chi connectivity index (χ4v) is 3.43. The van der Waals surface area contributed by atoms with E-state index < -0.39 is 18.0 Å². The van der Waals surface area contributed by atoms with Gasteiger partial charge in [-0.05, 0) is 29.0 Å². The monoisotopic (exact) mass is 417 g/mol. The van der Waals surface area contributed by atoms with Crippen LogP contribution in [0.1, 0.15) is 31.1 Å². The summed E-state index contributed by atoms with van der Waals surface area (Å²) in [6.07, 6.45) is 2.05. The first-order valence-electron chi connectivity index (χ1n) is 7.43. The molecule has 0 aromatic heterocycles. The lowest BCUT2D eigenvalue weighted by Gasteiger charge is -2.14. The van der Waals surface area contributed by atoms with Gasteiger partial charge in [-0.25, -0.2) is 0 Å². The van der Waals surface area contributed by atoms with Crippen molar-refractivity contribution < 1.29 is 9.53 Å². The Hall–Kier alpha value is -1.18. The molecule has 25 heavy (non-hydrogen) atoms. The van der Waals surface area contributed by atoms with Crippen molar-refractivity contribution in [3.05, 3.63) is 50.5 Å². The maximum atomic E-state index is 12.5. The van der Waals surface area contributed by atoms with Gasteiger partial charge < -0.3 is 4.74 Å². The molecule has 1 aromatic carbocycles. The quantitative estimate of drug-likeness (QED) is 0.537. The van der Waals surface area contributed by atoms with E-state index in [1.54, 1.807) is 30.3 Å². The zero-order valence-corrected chi connectivity index (χ0v) is 16.5. The molecule has 1 aliphatic carbocycles. The number of hydrogen-bond donors (Lipinski definition) is 0. The number of carbonyl (C=O) groups is 1. The van der Waals surface area contributed by atoms with Crippen LogP contribution in [0.25, 0.3) is 6.08 Å². The third kappa shape index (κ3) is 4.71. The van der Waals surface area contributed by atoms with Crippen LogP contribution in [0.4, 0.5) is 0 Å². The average molecular weight is 419 g/mol. The molecule has 3 unspecified atom stereocenters. The van der Waals surface area contributed by atoms with Crippen LogP contribution >= 0.6 is 46.4 Å². The maximum absolute atomic E-state index is 12.5. The Morgan fingerprint density at radius 1 is 1.24 bits per heavy atom. The fourth-order valence-electron chi connectivity index (χ4n) is 2.92. The average Bonchev–Trinajstić information content (AvgIpc) is 3.04. The Morgan fingerprint density at radius 3 is 2.44 bits per heavy atom. The molecule has 3 atom stereocenters. The zero-order valence-electron chi connectivity index (χ0n) is 13.5. The Morgan fingerprint density at radius 2 is 1.88 bits per heavy atom. The summed E-state index contributed by atoms with van der Waals surface area (Å²) < 4.78 is 5.60. The summed E-state index contributed by atoms with van der Waals surface area (Å²) in [5.41, 5.74) is 0.792. The summed E-state index contributed by atoms with van der Waals surface area (Å²) in [7, 11) is 0. The molecule has 3 nitrogen and oxygen atoms in total. The van der Waals surface area contributed by atoms with Gasteiger partial charge in [-0.3, -0.25) is 4.79 Å². The van der Waals surface area contributed by atoms with E-state index in [9.17, 15) is 10.1 Å². The second-order valence-electron chi connectivity index (χ2n) is 6.29. The molecule has 0 saturated heterocycles. The van der Waals surface area contributed by atoms with E-state index in [1.165, 1.54) is 6.08 Å². The molecule has 1 saturated carbocycles. The van der Waals surface area contributed by atoms with Gasteiger partial charge in [0.25, 0.3) is 0 Å². The highest BCUT2D eigenvalue weighted by Gasteiger charge is 2.62. The third-order valence-electron chi connectivity index (χ3n) is 4.36. The van der Waals surface area contributed by atoms with E-state index in [2.05, 4.69) is 0 Å². The van der Waals surface area contributed by atoms with Crippen LogP contribution in [0.15, 0.2) is 39.3 Å². The van der Waals surface area contributed by atoms with Crippen LogP contribution in [0.3, 0.4) is 0 Å². The van der Waals surface area contributed by atoms with Crippen LogP contribution in [0, 0.1) is 28.6 Å². The molecule has 132 valence electrons. The van der Waals surface area contributed by atoms with Crippen molar-refractivity contribution in [1.29, 1.82) is 5.26 Å². The normalized spacial score (nSPS) is 21.5. The Labute approximate surface area is 166 Å². The Balaban J connectivity index is 2.22. The van der Waals surface area contributed by atoms with Gasteiger partial charge in [0, 0.05) is 5.56 Å². The second kappa shape index (κ2) is 8.01. The highest BCUT2D eigenvalue weighted by Crippen LogP contribution is 2.60. The second-order valence-corrected chi connectivity index (χ2v) is 8.31. The summed E-state index contributed by atoms with van der Waals surface area (Å²) >= 11 is 22.8. The fraction of sp³-hybridized carbons (Fsp3) is 0.333. The number of allylic oxidation sites excluding steroid dienone is 1. The van der Waals surface area contributed by atoms with Crippen LogP contribution < -0.4 is 0 Å². The summed E-state index contributed by atoms with van der Waals surface area (Å²) in [6, 6.07) is 8.94. The first-order chi connectivity index (χ1) is 11.7. The lowest BCUT2D eigenvalue weighted by atomic mass is 10.0. The highest BCUT2D eigenvalue weighted by molar-refractivity contribution is 6.57. The van der Waals surface area contributed by atoms with Gasteiger partial charge >= 0.3 is 5.97 Å². The number of nitriles is 1. The minimum Gasteiger partial charge on any atom is -0.442 e. The van der Waals surface area contributed by atoms with Gasteiger partial charge in [-0.15, -0.1) is 0 Å². The lowest BCUT2D eigenvalue weighted by Crippen LogP contribution is -2.15. The number of rotatable bonds is 5. The number of benzene rings is 1. The van der Waals surface area contributed by atoms with E-state index in [0.717, 1.165) is 0 Å². The number of carbonyl (C=O) groups excluding carboxylic acids is 1. The van der Waals surface area contributed by atoms with E-state index >= 15 is 0 Å². The molecular weight excluding hydrogens is 404 g/mol. The molecule has 2 rings (SSSR count). The Bertz CT molecular complexity index is 772. The number of hydrogen-bond acceptors (Lipinski definition) is 3. The maximum Gasteiger partial charge on any atom is 0.311 e. The van der Waals surface area contributed by atoms with Crippen LogP contribution in [0.5, 0.6) is 0 Å². The first-order valence-corrected chi connectivity index (χ1v) is 8.94. The van der Waals surface area contributed by atoms with Crippen molar-refractivity contribution >= 4 is 58.4 Å². The third-order valence-corrected chi connectivity index (χ3v) is 4.83. The zero-order chi connectivity index (χ0) is 18.8. The van der Waals surface area contributed by atoms with Crippen LogP contribution in [-0.2, 0) is 9.53 Å². The van der Waals surface area contributed by atoms with Gasteiger partial charge in [-0.1, -0.05) is 84.5 Å². The highest BCUT2D eigenvalue weighted by atomic mass is 35.5. The largest absolute Gasteiger partial charge is 0.442 e. The van der Waals surface area contributed by atoms with E-state index in [4.69, 9.17) is 51.1 Å². The molecule has 0 aliphatic heterocycles. The van der Waals surface area contributed by atoms with Gasteiger partial charge in [0.2, 0.25) is 6.10 Å². The van der Waals surface area contributed by atoms with Gasteiger partial charge in [0.15, 0.2) is 0 Å². The first kappa shape index (κ1) is 20.1. The number of halogens is 4. The molecule has 0 amide bonds. The van der Waals surface area contributed by atoms with Crippen molar-refractivity contribution in [2.45, 2.75) is 20.0 Å². The van der Waals surface area contributed by atoms with E-state index in [0.29, 0.717) is 11.1 Å². The van der Waals surface area contributed by atoms with Crippen molar-refractivity contribution in [3.8, 4) is 6.07 Å². The molecule has 0 spiro atoms. The molecule has 1 aromatic rings. The van der Waals surface area contributed by atoms with Crippen molar-refractivity contribution in [2.75, 3.05) is 0 Å². The van der Waals surface area contributed by atoms with Crippen molar-refractivity contribution in [1.82, 2.24) is 0 Å². The lowest BCUT2D eigenvalue weighted by molar-refractivity contribution is -0.149. The SMILES string of the molecule is CC1(C)C(C=C(Cl)Cl)C1C(=O)OC(C#N)c1ccccc1C=C(Cl)Cl. The predicted octanol–water partition coefficient (Wildman–Crippen LogP) is 6.16. The van der Waals surface area contributed by atoms with E-state index in [1.807, 2.05) is 19.9 Å². The molecule has 1 fully saturated rings. The molecule has 1 aliphatic rings. The molecule has 0 N–H and O–H groups in total. The standard InChI is InChI=1S/C18H15Cl4NO2/c1-18(2)12(8-15(21)22)16(18)17(24)25-13(9-23)11-6-4-3-5-10(11)7-14(19)20/h3-8,12-13,16H,1-2H3. The smallest absolute Gasteiger partial charge is 0.311 e. The molecular formula is C18H15Cl4NO2. The van der Waals surface area contributed by atoms with Crippen molar-refractivity contribution in [2.24, 2.45) is 17.3 Å². The number of esters is 1. The summed E-state index contributed by atoms with van der Waals surface area (Å²) in [5, 5.41) is 9.46. The van der Waals surface area contributed by atoms with Crippen LogP contribution in [0.2, 0.25) is 0 Å². The van der Waals surface area contributed by atoms with Gasteiger partial charge in [0.05, 0.1) is 5.92 Å². The van der Waals surface area contributed by atoms with Crippen LogP contribution in [-0.4, -0.2) is 5.97 Å². The Kier molecular flexibility index (Phi) is 6.45. The number of ether oxygens (including phenoxy) is 1. The predicted molar refractivity (Wildman–Crippen MR) is 101 cm³/mol. The summed E-state index contributed by atoms with van der Waals surface area (Å²) in [5.74, 6) is -1.00. The minimum absolute atomic E-state index is 0.0424. The molecule has 0 heterocycles. The molecule has 7 heteroatoms. The summed E-state index contributed by atoms with van der Waals surface area (Å²) in [6.45, 7) is 3.84. The van der Waals surface area contributed by atoms with Gasteiger partial charge in [-0.2, -0.15) is 5.26 Å².